The van der Waals surface area contributed by atoms with Crippen LogP contribution >= 0.6 is 11.8 Å². The average Bonchev–Trinajstić information content (AvgIpc) is 2.62. The molecule has 0 aliphatic rings. The maximum absolute atomic E-state index is 11.7. The smallest absolute Gasteiger partial charge is 0.316 e. The predicted octanol–water partition coefficient (Wildman–Crippen LogP) is 2.28. The molecule has 0 unspecified atom stereocenters. The van der Waals surface area contributed by atoms with E-state index in [1.807, 2.05) is 38.6 Å². The van der Waals surface area contributed by atoms with Gasteiger partial charge in [-0.15, -0.1) is 11.8 Å². The molecule has 0 amide bonds. The minimum absolute atomic E-state index is 0.0316. The highest BCUT2D eigenvalue weighted by Crippen LogP contribution is 2.11. The van der Waals surface area contributed by atoms with Crippen molar-refractivity contribution in [2.45, 2.75) is 26.4 Å². The van der Waals surface area contributed by atoms with Crippen molar-refractivity contribution in [2.75, 3.05) is 11.5 Å². The highest BCUT2D eigenvalue weighted by Gasteiger charge is 2.16. The number of carbonyl (C=O) groups excluding carboxylic acids is 2. The zero-order chi connectivity index (χ0) is 13.8. The first-order chi connectivity index (χ1) is 8.28. The normalized spacial score (nSPS) is 11.3. The van der Waals surface area contributed by atoms with Crippen LogP contribution in [-0.4, -0.2) is 33.4 Å². The summed E-state index contributed by atoms with van der Waals surface area (Å²) in [6.45, 7) is 5.47. The predicted molar refractivity (Wildman–Crippen MR) is 72.9 cm³/mol. The van der Waals surface area contributed by atoms with Crippen LogP contribution in [0.25, 0.3) is 0 Å². The molecule has 4 nitrogen and oxygen atoms in total. The largest absolute Gasteiger partial charge is 0.459 e. The van der Waals surface area contributed by atoms with Crippen molar-refractivity contribution < 1.29 is 14.3 Å². The summed E-state index contributed by atoms with van der Waals surface area (Å²) in [4.78, 5) is 23.2. The summed E-state index contributed by atoms with van der Waals surface area (Å²) in [6, 6.07) is 1.77. The standard InChI is InChI=1S/C13H19NO3S/c1-13(2,3)17-12(16)9-18-8-11(15)10-5-6-14(4)7-10/h5-7H,8-9H2,1-4H3. The van der Waals surface area contributed by atoms with Crippen molar-refractivity contribution in [3.8, 4) is 0 Å². The van der Waals surface area contributed by atoms with E-state index in [1.54, 1.807) is 12.3 Å². The van der Waals surface area contributed by atoms with E-state index in [4.69, 9.17) is 4.74 Å². The lowest BCUT2D eigenvalue weighted by Gasteiger charge is -2.19. The van der Waals surface area contributed by atoms with Gasteiger partial charge in [0.15, 0.2) is 5.78 Å². The minimum Gasteiger partial charge on any atom is -0.459 e. The van der Waals surface area contributed by atoms with Crippen LogP contribution in [0.15, 0.2) is 18.5 Å². The van der Waals surface area contributed by atoms with Crippen molar-refractivity contribution in [2.24, 2.45) is 7.05 Å². The number of ketones is 1. The number of esters is 1. The SMILES string of the molecule is Cn1ccc(C(=O)CSCC(=O)OC(C)(C)C)c1. The Morgan fingerprint density at radius 3 is 2.50 bits per heavy atom. The van der Waals surface area contributed by atoms with Gasteiger partial charge < -0.3 is 9.30 Å². The number of hydrogen-bond acceptors (Lipinski definition) is 4. The van der Waals surface area contributed by atoms with Crippen molar-refractivity contribution in [1.82, 2.24) is 4.57 Å². The van der Waals surface area contributed by atoms with Gasteiger partial charge in [-0.05, 0) is 26.8 Å². The molecule has 0 N–H and O–H groups in total. The van der Waals surface area contributed by atoms with Crippen LogP contribution in [-0.2, 0) is 16.6 Å². The van der Waals surface area contributed by atoms with Gasteiger partial charge in [-0.3, -0.25) is 9.59 Å². The Bertz CT molecular complexity index is 432. The third-order valence-electron chi connectivity index (χ3n) is 2.03. The Balaban J connectivity index is 2.30. The van der Waals surface area contributed by atoms with Gasteiger partial charge in [-0.2, -0.15) is 0 Å². The molecule has 0 aliphatic carbocycles. The molecule has 100 valence electrons. The van der Waals surface area contributed by atoms with E-state index in [0.717, 1.165) is 0 Å². The van der Waals surface area contributed by atoms with Gasteiger partial charge in [0.25, 0.3) is 0 Å². The first-order valence-corrected chi connectivity index (χ1v) is 6.88. The second-order valence-corrected chi connectivity index (χ2v) is 6.05. The summed E-state index contributed by atoms with van der Waals surface area (Å²) in [7, 11) is 1.87. The number of thioether (sulfide) groups is 1. The monoisotopic (exact) mass is 269 g/mol. The molecule has 1 aromatic rings. The summed E-state index contributed by atoms with van der Waals surface area (Å²) >= 11 is 1.28. The van der Waals surface area contributed by atoms with Gasteiger partial charge in [0, 0.05) is 25.0 Å². The molecule has 0 saturated carbocycles. The van der Waals surface area contributed by atoms with Crippen LogP contribution in [0.2, 0.25) is 0 Å². The molecule has 5 heteroatoms. The number of nitrogens with zero attached hydrogens (tertiary/aromatic N) is 1. The number of Topliss-reactive ketones (excluding diaryl/α,β-unsaturated/α-hetero) is 1. The lowest BCUT2D eigenvalue weighted by Crippen LogP contribution is -2.25. The molecule has 1 heterocycles. The Kier molecular flexibility index (Phi) is 5.02. The fourth-order valence-corrected chi connectivity index (χ4v) is 2.03. The molecule has 18 heavy (non-hydrogen) atoms. The molecule has 0 fully saturated rings. The van der Waals surface area contributed by atoms with E-state index in [0.29, 0.717) is 11.3 Å². The van der Waals surface area contributed by atoms with Gasteiger partial charge in [0.1, 0.15) is 5.60 Å². The second kappa shape index (κ2) is 6.09. The molecular formula is C13H19NO3S. The maximum Gasteiger partial charge on any atom is 0.316 e. The Hall–Kier alpha value is -1.23. The summed E-state index contributed by atoms with van der Waals surface area (Å²) in [6.07, 6.45) is 3.60. The van der Waals surface area contributed by atoms with E-state index >= 15 is 0 Å². The fraction of sp³-hybridized carbons (Fsp3) is 0.538. The minimum atomic E-state index is -0.471. The Morgan fingerprint density at radius 1 is 1.33 bits per heavy atom. The highest BCUT2D eigenvalue weighted by molar-refractivity contribution is 8.00. The van der Waals surface area contributed by atoms with E-state index in [9.17, 15) is 9.59 Å². The summed E-state index contributed by atoms with van der Waals surface area (Å²) < 4.78 is 6.98. The maximum atomic E-state index is 11.7. The number of ether oxygens (including phenoxy) is 1. The Labute approximate surface area is 112 Å². The number of aromatic nitrogens is 1. The first kappa shape index (κ1) is 14.8. The zero-order valence-corrected chi connectivity index (χ0v) is 12.0. The van der Waals surface area contributed by atoms with Crippen molar-refractivity contribution in [3.63, 3.8) is 0 Å². The quantitative estimate of drug-likeness (QED) is 0.608. The lowest BCUT2D eigenvalue weighted by molar-refractivity contribution is -0.151. The van der Waals surface area contributed by atoms with Crippen LogP contribution in [0.5, 0.6) is 0 Å². The molecule has 1 rings (SSSR count). The molecule has 0 saturated heterocycles. The molecule has 0 radical (unpaired) electrons. The van der Waals surface area contributed by atoms with Crippen LogP contribution in [0.1, 0.15) is 31.1 Å². The topological polar surface area (TPSA) is 48.3 Å². The summed E-state index contributed by atoms with van der Waals surface area (Å²) in [5.41, 5.74) is 0.204. The van der Waals surface area contributed by atoms with Crippen LogP contribution in [0.3, 0.4) is 0 Å². The van der Waals surface area contributed by atoms with Gasteiger partial charge in [0.05, 0.1) is 11.5 Å². The number of hydrogen-bond donors (Lipinski definition) is 0. The first-order valence-electron chi connectivity index (χ1n) is 5.73. The zero-order valence-electron chi connectivity index (χ0n) is 11.2. The molecule has 0 bridgehead atoms. The molecule has 0 atom stereocenters. The molecule has 0 aliphatic heterocycles. The third-order valence-corrected chi connectivity index (χ3v) is 2.93. The molecule has 0 aromatic carbocycles. The van der Waals surface area contributed by atoms with Crippen molar-refractivity contribution in [3.05, 3.63) is 24.0 Å². The fourth-order valence-electron chi connectivity index (χ4n) is 1.35. The van der Waals surface area contributed by atoms with E-state index < -0.39 is 5.60 Å². The van der Waals surface area contributed by atoms with E-state index in [1.165, 1.54) is 11.8 Å². The third kappa shape index (κ3) is 5.40. The van der Waals surface area contributed by atoms with E-state index in [-0.39, 0.29) is 17.5 Å². The van der Waals surface area contributed by atoms with Gasteiger partial charge in [-0.1, -0.05) is 0 Å². The highest BCUT2D eigenvalue weighted by atomic mass is 32.2. The van der Waals surface area contributed by atoms with Crippen LogP contribution in [0, 0.1) is 0 Å². The van der Waals surface area contributed by atoms with E-state index in [2.05, 4.69) is 0 Å². The molecular weight excluding hydrogens is 250 g/mol. The van der Waals surface area contributed by atoms with Gasteiger partial charge in [0.2, 0.25) is 0 Å². The molecule has 1 aromatic heterocycles. The van der Waals surface area contributed by atoms with Gasteiger partial charge >= 0.3 is 5.97 Å². The number of aryl methyl sites for hydroxylation is 1. The average molecular weight is 269 g/mol. The van der Waals surface area contributed by atoms with Crippen molar-refractivity contribution >= 4 is 23.5 Å². The lowest BCUT2D eigenvalue weighted by atomic mass is 10.2. The van der Waals surface area contributed by atoms with Crippen LogP contribution in [0.4, 0.5) is 0 Å². The second-order valence-electron chi connectivity index (χ2n) is 5.07. The summed E-state index contributed by atoms with van der Waals surface area (Å²) in [5, 5.41) is 0. The summed E-state index contributed by atoms with van der Waals surface area (Å²) in [5.74, 6) is 0.247. The number of rotatable bonds is 5. The number of carbonyl (C=O) groups is 2. The van der Waals surface area contributed by atoms with Crippen molar-refractivity contribution in [1.29, 1.82) is 0 Å². The van der Waals surface area contributed by atoms with Gasteiger partial charge in [-0.25, -0.2) is 0 Å². The molecule has 0 spiro atoms. The Morgan fingerprint density at radius 2 is 2.00 bits per heavy atom. The van der Waals surface area contributed by atoms with Crippen LogP contribution < -0.4 is 0 Å².